The molecule has 0 spiro atoms. The third kappa shape index (κ3) is 4.48. The average molecular weight is 487 g/mol. The summed E-state index contributed by atoms with van der Waals surface area (Å²) >= 11 is 0. The number of rotatable bonds is 5. The average Bonchev–Trinajstić information content (AvgIpc) is 3.06. The maximum Gasteiger partial charge on any atom is 0.417 e. The van der Waals surface area contributed by atoms with E-state index in [1.807, 2.05) is 0 Å². The number of fused-ring (bicyclic) bond motifs is 5. The van der Waals surface area contributed by atoms with Crippen LogP contribution >= 0.6 is 0 Å². The van der Waals surface area contributed by atoms with Crippen molar-refractivity contribution in [3.05, 3.63) is 0 Å². The lowest BCUT2D eigenvalue weighted by Crippen LogP contribution is -2.59. The molecular weight excluding hydrogens is 437 g/mol. The van der Waals surface area contributed by atoms with Crippen molar-refractivity contribution in [2.75, 3.05) is 0 Å². The predicted octanol–water partition coefficient (Wildman–Crippen LogP) is 7.91. The number of hydrogen-bond acceptors (Lipinski definition) is 2. The molecule has 0 unspecified atom stereocenters. The Morgan fingerprint density at radius 3 is 2.18 bits per heavy atom. The minimum Gasteiger partial charge on any atom is -0.393 e. The van der Waals surface area contributed by atoms with Gasteiger partial charge in [-0.1, -0.05) is 47.5 Å². The van der Waals surface area contributed by atoms with Crippen LogP contribution in [0.4, 0.5) is 13.2 Å². The van der Waals surface area contributed by atoms with Crippen LogP contribution in [-0.4, -0.2) is 28.1 Å². The van der Waals surface area contributed by atoms with Gasteiger partial charge in [-0.05, 0) is 116 Å². The predicted molar refractivity (Wildman–Crippen MR) is 130 cm³/mol. The fourth-order valence-corrected chi connectivity index (χ4v) is 9.25. The summed E-state index contributed by atoms with van der Waals surface area (Å²) in [7, 11) is 0. The molecule has 0 amide bonds. The Labute approximate surface area is 205 Å². The van der Waals surface area contributed by atoms with E-state index in [-0.39, 0.29) is 35.7 Å². The first-order chi connectivity index (χ1) is 15.6. The summed E-state index contributed by atoms with van der Waals surface area (Å²) in [6.07, 6.45) is 6.75. The molecule has 0 aromatic heterocycles. The highest BCUT2D eigenvalue weighted by molar-refractivity contribution is 5.11. The standard InChI is InChI=1S/C29H49F3O2/c1-25(2,3)24(33)9-7-6-8-19-11-13-22-21-12-10-20-18-28(34,29(30,31)32)17-16-27(20,5)23(21)14-15-26(19,22)4/h19-24,33-34H,6-18H2,1-5H3/t19-,20+,21+,22+,23+,24-,26-,27+,28+/m1/s1. The summed E-state index contributed by atoms with van der Waals surface area (Å²) in [4.78, 5) is 0. The number of aliphatic hydroxyl groups is 2. The third-order valence-electron chi connectivity index (χ3n) is 11.7. The smallest absolute Gasteiger partial charge is 0.393 e. The van der Waals surface area contributed by atoms with E-state index in [2.05, 4.69) is 34.6 Å². The maximum atomic E-state index is 13.6. The van der Waals surface area contributed by atoms with Crippen molar-refractivity contribution in [2.45, 2.75) is 136 Å². The molecule has 4 aliphatic carbocycles. The van der Waals surface area contributed by atoms with Gasteiger partial charge in [0.25, 0.3) is 0 Å². The van der Waals surface area contributed by atoms with E-state index < -0.39 is 11.8 Å². The number of hydrogen-bond donors (Lipinski definition) is 2. The Morgan fingerprint density at radius 1 is 0.853 bits per heavy atom. The van der Waals surface area contributed by atoms with Gasteiger partial charge in [-0.3, -0.25) is 0 Å². The zero-order chi connectivity index (χ0) is 25.2. The Kier molecular flexibility index (Phi) is 7.02. The molecule has 0 bridgehead atoms. The second-order valence-corrected chi connectivity index (χ2v) is 14.4. The summed E-state index contributed by atoms with van der Waals surface area (Å²) in [6, 6.07) is 0. The van der Waals surface area contributed by atoms with Crippen LogP contribution in [0.3, 0.4) is 0 Å². The Balaban J connectivity index is 1.38. The zero-order valence-electron chi connectivity index (χ0n) is 22.2. The zero-order valence-corrected chi connectivity index (χ0v) is 22.2. The first-order valence-electron chi connectivity index (χ1n) is 14.1. The van der Waals surface area contributed by atoms with Crippen LogP contribution in [0.25, 0.3) is 0 Å². The third-order valence-corrected chi connectivity index (χ3v) is 11.7. The number of aliphatic hydroxyl groups excluding tert-OH is 1. The van der Waals surface area contributed by atoms with E-state index in [9.17, 15) is 23.4 Å². The Hall–Kier alpha value is -0.290. The van der Waals surface area contributed by atoms with Crippen LogP contribution < -0.4 is 0 Å². The number of alkyl halides is 3. The van der Waals surface area contributed by atoms with Gasteiger partial charge in [0.05, 0.1) is 6.10 Å². The van der Waals surface area contributed by atoms with E-state index in [1.54, 1.807) is 0 Å². The van der Waals surface area contributed by atoms with Gasteiger partial charge >= 0.3 is 6.18 Å². The fourth-order valence-electron chi connectivity index (χ4n) is 9.25. The summed E-state index contributed by atoms with van der Waals surface area (Å²) in [5, 5.41) is 20.8. The van der Waals surface area contributed by atoms with Gasteiger partial charge in [0, 0.05) is 0 Å². The molecule has 2 N–H and O–H groups in total. The van der Waals surface area contributed by atoms with Crippen molar-refractivity contribution < 1.29 is 23.4 Å². The summed E-state index contributed by atoms with van der Waals surface area (Å²) < 4.78 is 40.7. The largest absolute Gasteiger partial charge is 0.417 e. The van der Waals surface area contributed by atoms with Gasteiger partial charge in [0.15, 0.2) is 5.60 Å². The summed E-state index contributed by atoms with van der Waals surface area (Å²) in [5.74, 6) is 2.60. The van der Waals surface area contributed by atoms with Crippen molar-refractivity contribution in [2.24, 2.45) is 45.8 Å². The molecule has 4 rings (SSSR count). The first-order valence-corrected chi connectivity index (χ1v) is 14.1. The minimum absolute atomic E-state index is 0.00933. The van der Waals surface area contributed by atoms with Crippen LogP contribution in [0.1, 0.15) is 118 Å². The molecule has 2 nitrogen and oxygen atoms in total. The minimum atomic E-state index is -4.52. The van der Waals surface area contributed by atoms with Crippen molar-refractivity contribution in [1.29, 1.82) is 0 Å². The molecule has 4 saturated carbocycles. The highest BCUT2D eigenvalue weighted by Crippen LogP contribution is 2.69. The van der Waals surface area contributed by atoms with Gasteiger partial charge in [-0.25, -0.2) is 0 Å². The SMILES string of the molecule is CC(C)(C)[C@H](O)CCCC[C@@H]1CC[C@H]2[C@@H]3CC[C@H]4C[C@](O)(C(F)(F)F)CC[C@]4(C)[C@H]3CC[C@]12C. The molecule has 4 fully saturated rings. The summed E-state index contributed by atoms with van der Waals surface area (Å²) in [6.45, 7) is 11.1. The molecule has 0 aromatic rings. The number of unbranched alkanes of at least 4 members (excludes halogenated alkanes) is 1. The van der Waals surface area contributed by atoms with Crippen LogP contribution in [0.2, 0.25) is 0 Å². The van der Waals surface area contributed by atoms with Gasteiger partial charge in [-0.2, -0.15) is 13.2 Å². The van der Waals surface area contributed by atoms with E-state index in [0.29, 0.717) is 29.6 Å². The highest BCUT2D eigenvalue weighted by atomic mass is 19.4. The van der Waals surface area contributed by atoms with Gasteiger partial charge in [-0.15, -0.1) is 0 Å². The molecular formula is C29H49F3O2. The topological polar surface area (TPSA) is 40.5 Å². The van der Waals surface area contributed by atoms with Gasteiger partial charge in [0.1, 0.15) is 0 Å². The van der Waals surface area contributed by atoms with E-state index in [1.165, 1.54) is 32.1 Å². The van der Waals surface area contributed by atoms with Crippen molar-refractivity contribution >= 4 is 0 Å². The fraction of sp³-hybridized carbons (Fsp3) is 1.00. The molecule has 0 saturated heterocycles. The van der Waals surface area contributed by atoms with Gasteiger partial charge < -0.3 is 10.2 Å². The second-order valence-electron chi connectivity index (χ2n) is 14.4. The quantitative estimate of drug-likeness (QED) is 0.388. The van der Waals surface area contributed by atoms with E-state index in [4.69, 9.17) is 0 Å². The molecule has 5 heteroatoms. The molecule has 0 aromatic carbocycles. The van der Waals surface area contributed by atoms with Crippen molar-refractivity contribution in [3.63, 3.8) is 0 Å². The van der Waals surface area contributed by atoms with Gasteiger partial charge in [0.2, 0.25) is 0 Å². The lowest BCUT2D eigenvalue weighted by Gasteiger charge is -2.62. The Bertz CT molecular complexity index is 730. The molecule has 4 aliphatic rings. The molecule has 34 heavy (non-hydrogen) atoms. The highest BCUT2D eigenvalue weighted by Gasteiger charge is 2.64. The maximum absolute atomic E-state index is 13.6. The molecule has 9 atom stereocenters. The van der Waals surface area contributed by atoms with Crippen molar-refractivity contribution in [3.8, 4) is 0 Å². The second kappa shape index (κ2) is 8.92. The lowest BCUT2D eigenvalue weighted by molar-refractivity contribution is -0.290. The molecule has 198 valence electrons. The summed E-state index contributed by atoms with van der Waals surface area (Å²) in [5.41, 5.74) is -2.21. The van der Waals surface area contributed by atoms with Crippen LogP contribution in [0.15, 0.2) is 0 Å². The van der Waals surface area contributed by atoms with Crippen LogP contribution in [0.5, 0.6) is 0 Å². The van der Waals surface area contributed by atoms with E-state index in [0.717, 1.165) is 38.0 Å². The van der Waals surface area contributed by atoms with Crippen LogP contribution in [-0.2, 0) is 0 Å². The Morgan fingerprint density at radius 2 is 1.53 bits per heavy atom. The van der Waals surface area contributed by atoms with Crippen LogP contribution in [0, 0.1) is 45.8 Å². The molecule has 0 radical (unpaired) electrons. The lowest BCUT2D eigenvalue weighted by atomic mass is 9.43. The normalized spacial score (nSPS) is 45.9. The van der Waals surface area contributed by atoms with E-state index >= 15 is 0 Å². The monoisotopic (exact) mass is 486 g/mol. The molecule has 0 aliphatic heterocycles. The molecule has 0 heterocycles. The van der Waals surface area contributed by atoms with Crippen molar-refractivity contribution in [1.82, 2.24) is 0 Å². The number of halogens is 3. The first kappa shape index (κ1) is 26.8.